The van der Waals surface area contributed by atoms with Gasteiger partial charge in [0.15, 0.2) is 60.9 Å². The Labute approximate surface area is 563 Å². The lowest BCUT2D eigenvalue weighted by Crippen LogP contribution is -2.69. The first-order valence-electron chi connectivity index (χ1n) is 32.7. The number of ketones is 1. The van der Waals surface area contributed by atoms with Gasteiger partial charge in [-0.1, -0.05) is 47.1 Å². The maximum absolute atomic E-state index is 15.5. The molecule has 7 aliphatic rings. The molecule has 6 fully saturated rings. The highest BCUT2D eigenvalue weighted by Crippen LogP contribution is 2.75. The lowest BCUT2D eigenvalue weighted by atomic mass is 9.33. The molecule has 2 aliphatic heterocycles. The zero-order valence-corrected chi connectivity index (χ0v) is 55.0. The first-order valence-corrected chi connectivity index (χ1v) is 32.7. The van der Waals surface area contributed by atoms with Crippen LogP contribution in [0.25, 0.3) is 0 Å². The van der Waals surface area contributed by atoms with Crippen molar-refractivity contribution in [1.29, 1.82) is 0 Å². The lowest BCUT2D eigenvalue weighted by molar-refractivity contribution is -0.369. The van der Waals surface area contributed by atoms with Gasteiger partial charge in [-0.2, -0.15) is 0 Å². The zero-order valence-electron chi connectivity index (χ0n) is 55.0. The third-order valence-corrected chi connectivity index (χ3v) is 22.8. The van der Waals surface area contributed by atoms with Crippen LogP contribution in [0, 0.1) is 50.2 Å². The van der Waals surface area contributed by atoms with Crippen LogP contribution >= 0.6 is 0 Å². The Bertz CT molecular complexity index is 3930. The molecule has 2 saturated heterocycles. The number of aromatic nitrogens is 5. The number of fused-ring (bicyclic) bond motifs is 7. The Balaban J connectivity index is 0.969. The average Bonchev–Trinajstić information content (AvgIpc) is 0.673. The minimum Gasteiger partial charge on any atom is -0.481 e. The minimum atomic E-state index is -2.42. The maximum Gasteiger partial charge on any atom is 0.340 e. The molecule has 0 radical (unpaired) electrons. The molecular weight excluding hydrogens is 1270 g/mol. The van der Waals surface area contributed by atoms with Gasteiger partial charge < -0.3 is 58.0 Å². The second-order valence-electron chi connectivity index (χ2n) is 28.7. The van der Waals surface area contributed by atoms with E-state index >= 15 is 4.79 Å². The van der Waals surface area contributed by atoms with E-state index in [2.05, 4.69) is 52.6 Å². The molecule has 5 aromatic rings. The Morgan fingerprint density at radius 2 is 0.888 bits per heavy atom. The van der Waals surface area contributed by atoms with Crippen LogP contribution in [0.2, 0.25) is 0 Å². The van der Waals surface area contributed by atoms with Crippen molar-refractivity contribution in [3.63, 3.8) is 0 Å². The number of carbonyl (C=O) groups excluding carboxylic acids is 6. The SMILES string of the molecule is CC1(C)[C@@H](O[C@H]2O[C@H](C(=O)O)[C@@H](OC(=O)c3cccnc3)[C@H](OC(=O)c3cccnc3)[C@H]2O[C@@H]2O[C@H](C(=O)O)[C@@H](OC(=O)c3cccnc3)[C@H](OC(=O)c3cccnc3)[C@H]2OC(=O)c2cccnc2)CC[C@]2(C)[C@H]3C(=O)C=C4[C@@H]5C[C@@](C)(C(=O)O)CC[C@]5(C)CC[C@@]4(C)[C@]3(C)CC[C@@H]12. The fraction of sp³-hybridized carbons (Fsp3) is 0.500. The fourth-order valence-corrected chi connectivity index (χ4v) is 17.3. The highest BCUT2D eigenvalue weighted by atomic mass is 16.8. The number of esters is 5. The number of ether oxygens (including phenoxy) is 9. The second kappa shape index (κ2) is 26.5. The zero-order chi connectivity index (χ0) is 69.9. The molecule has 0 bridgehead atoms. The van der Waals surface area contributed by atoms with Crippen molar-refractivity contribution < 1.29 is 101 Å². The number of carboxylic acid groups (broad SMARTS) is 3. The van der Waals surface area contributed by atoms with Gasteiger partial charge in [0.2, 0.25) is 6.29 Å². The summed E-state index contributed by atoms with van der Waals surface area (Å²) < 4.78 is 57.6. The summed E-state index contributed by atoms with van der Waals surface area (Å²) in [5.41, 5.74) is -3.89. The molecule has 5 aliphatic carbocycles. The van der Waals surface area contributed by atoms with E-state index in [-0.39, 0.29) is 57.3 Å². The average molecular weight is 1350 g/mol. The topological polar surface area (TPSA) is 362 Å². The Morgan fingerprint density at radius 3 is 1.31 bits per heavy atom. The number of nitrogens with zero attached hydrogens (tertiary/aromatic N) is 5. The monoisotopic (exact) mass is 1350 g/mol. The van der Waals surface area contributed by atoms with Gasteiger partial charge in [-0.15, -0.1) is 0 Å². The molecule has 516 valence electrons. The molecule has 98 heavy (non-hydrogen) atoms. The first kappa shape index (κ1) is 68.7. The molecule has 26 heteroatoms. The molecule has 4 saturated carbocycles. The summed E-state index contributed by atoms with van der Waals surface area (Å²) in [4.78, 5) is 149. The standard InChI is InChI=1S/C72H77N5O21/c1-67(2)46-18-21-72(7)56(45(78)31-43-44-32-69(4,66(88)89)23-22-68(44,3)24-25-71(43,72)6)70(46,5)20-19-47(67)90-64-55(51(94-62(86)41-16-11-29-76-36-41)49(52(96-64)57(79)80)92-60(84)39-14-9-27-74-34-39)98-65-54(95-63(87)42-17-12-30-77-37-42)50(93-61(85)40-15-10-28-75-35-40)48(53(97-65)58(81)82)91-59(83)38-13-8-26-73-33-38/h8-17,26-31,33-37,44,46-56,64-65H,18-25,32H2,1-7H3,(H,79,80)(H,81,82)(H,88,89)/t44-,46-,47-,48-,49-,50-,51-,52-,53-,54+,55+,56+,64-,65-,68+,69-,70-,71+,72+/m0/s1. The maximum atomic E-state index is 15.5. The number of pyridine rings is 5. The van der Waals surface area contributed by atoms with E-state index in [1.807, 2.05) is 26.8 Å². The van der Waals surface area contributed by atoms with Gasteiger partial charge in [0.25, 0.3) is 0 Å². The Morgan fingerprint density at radius 1 is 0.480 bits per heavy atom. The van der Waals surface area contributed by atoms with Gasteiger partial charge in [-0.3, -0.25) is 34.5 Å². The van der Waals surface area contributed by atoms with Gasteiger partial charge >= 0.3 is 47.8 Å². The lowest BCUT2D eigenvalue weighted by Gasteiger charge is -2.70. The van der Waals surface area contributed by atoms with Crippen LogP contribution in [0.3, 0.4) is 0 Å². The van der Waals surface area contributed by atoms with Gasteiger partial charge in [-0.05, 0) is 170 Å². The molecule has 7 heterocycles. The molecular formula is C72H77N5O21. The van der Waals surface area contributed by atoms with E-state index < -0.39 is 148 Å². The molecule has 0 spiro atoms. The normalized spacial score (nSPS) is 35.3. The van der Waals surface area contributed by atoms with Crippen LogP contribution in [-0.4, -0.2) is 161 Å². The van der Waals surface area contributed by atoms with Crippen LogP contribution in [0.5, 0.6) is 0 Å². The molecule has 0 amide bonds. The molecule has 26 nitrogen and oxygen atoms in total. The van der Waals surface area contributed by atoms with Gasteiger partial charge in [0.1, 0.15) is 0 Å². The van der Waals surface area contributed by atoms with Crippen molar-refractivity contribution >= 4 is 53.5 Å². The van der Waals surface area contributed by atoms with Gasteiger partial charge in [-0.25, -0.2) is 33.6 Å². The second-order valence-corrected chi connectivity index (χ2v) is 28.7. The van der Waals surface area contributed by atoms with Crippen LogP contribution in [-0.2, 0) is 61.8 Å². The predicted molar refractivity (Wildman–Crippen MR) is 337 cm³/mol. The number of hydrogen-bond acceptors (Lipinski definition) is 23. The number of carboxylic acids is 3. The molecule has 12 rings (SSSR count). The number of carbonyl (C=O) groups is 9. The van der Waals surface area contributed by atoms with Gasteiger partial charge in [0.05, 0.1) is 39.3 Å². The quantitative estimate of drug-likeness (QED) is 0.0445. The molecule has 3 N–H and O–H groups in total. The van der Waals surface area contributed by atoms with Crippen LogP contribution in [0.1, 0.15) is 158 Å². The smallest absolute Gasteiger partial charge is 0.340 e. The van der Waals surface area contributed by atoms with Crippen molar-refractivity contribution in [2.45, 2.75) is 174 Å². The number of hydrogen-bond donors (Lipinski definition) is 3. The van der Waals surface area contributed by atoms with Crippen LogP contribution < -0.4 is 0 Å². The summed E-state index contributed by atoms with van der Waals surface area (Å²) in [5, 5.41) is 33.1. The summed E-state index contributed by atoms with van der Waals surface area (Å²) >= 11 is 0. The van der Waals surface area contributed by atoms with Crippen LogP contribution in [0.4, 0.5) is 0 Å². The fourth-order valence-electron chi connectivity index (χ4n) is 17.3. The van der Waals surface area contributed by atoms with Crippen LogP contribution in [0.15, 0.2) is 134 Å². The highest BCUT2D eigenvalue weighted by molar-refractivity contribution is 5.96. The number of allylic oxidation sites excluding steroid dienone is 2. The van der Waals surface area contributed by atoms with Crippen molar-refractivity contribution in [2.24, 2.45) is 50.2 Å². The van der Waals surface area contributed by atoms with Crippen molar-refractivity contribution in [3.05, 3.63) is 162 Å². The number of rotatable bonds is 17. The van der Waals surface area contributed by atoms with E-state index in [1.54, 1.807) is 0 Å². The highest BCUT2D eigenvalue weighted by Gasteiger charge is 2.71. The van der Waals surface area contributed by atoms with E-state index in [4.69, 9.17) is 42.6 Å². The summed E-state index contributed by atoms with van der Waals surface area (Å²) in [6.45, 7) is 14.6. The summed E-state index contributed by atoms with van der Waals surface area (Å²) in [7, 11) is 0. The van der Waals surface area contributed by atoms with Crippen molar-refractivity contribution in [3.8, 4) is 0 Å². The van der Waals surface area contributed by atoms with E-state index in [0.29, 0.717) is 32.1 Å². The largest absolute Gasteiger partial charge is 0.481 e. The minimum absolute atomic E-state index is 0.0304. The summed E-state index contributed by atoms with van der Waals surface area (Å²) in [5.74, 6) is -11.4. The van der Waals surface area contributed by atoms with Crippen molar-refractivity contribution in [2.75, 3.05) is 0 Å². The summed E-state index contributed by atoms with van der Waals surface area (Å²) in [6.07, 6.45) is -4.10. The van der Waals surface area contributed by atoms with E-state index in [0.717, 1.165) is 55.8 Å². The van der Waals surface area contributed by atoms with E-state index in [1.165, 1.54) is 91.6 Å². The molecule has 0 aromatic carbocycles. The Kier molecular flexibility index (Phi) is 18.6. The summed E-state index contributed by atoms with van der Waals surface area (Å²) in [6, 6.07) is 13.6. The predicted octanol–water partition coefficient (Wildman–Crippen LogP) is 8.54. The molecule has 5 aromatic heterocycles. The van der Waals surface area contributed by atoms with Gasteiger partial charge in [0, 0.05) is 67.9 Å². The third-order valence-electron chi connectivity index (χ3n) is 22.8. The first-order chi connectivity index (χ1) is 46.6. The van der Waals surface area contributed by atoms with Crippen molar-refractivity contribution in [1.82, 2.24) is 24.9 Å². The third kappa shape index (κ3) is 12.4. The Hall–Kier alpha value is -9.24. The van der Waals surface area contributed by atoms with E-state index in [9.17, 15) is 53.7 Å². The number of aliphatic carboxylic acids is 3. The molecule has 19 atom stereocenters. The molecule has 0 unspecified atom stereocenters.